The summed E-state index contributed by atoms with van der Waals surface area (Å²) in [5.41, 5.74) is 1.77. The van der Waals surface area contributed by atoms with E-state index in [9.17, 15) is 14.0 Å². The van der Waals surface area contributed by atoms with Gasteiger partial charge in [-0.3, -0.25) is 4.79 Å². The molecule has 0 aliphatic rings. The second-order valence-electron chi connectivity index (χ2n) is 6.91. The Bertz CT molecular complexity index is 1050. The van der Waals surface area contributed by atoms with E-state index >= 15 is 0 Å². The summed E-state index contributed by atoms with van der Waals surface area (Å²) >= 11 is 0. The predicted octanol–water partition coefficient (Wildman–Crippen LogP) is 4.31. The second-order valence-corrected chi connectivity index (χ2v) is 6.91. The zero-order valence-electron chi connectivity index (χ0n) is 17.2. The van der Waals surface area contributed by atoms with Crippen molar-refractivity contribution in [3.8, 4) is 0 Å². The molecule has 0 aliphatic carbocycles. The number of carbonyl (C=O) groups excluding carboxylic acids is 2. The number of halogens is 1. The van der Waals surface area contributed by atoms with Crippen LogP contribution < -0.4 is 0 Å². The van der Waals surface area contributed by atoms with Crippen molar-refractivity contribution in [1.82, 2.24) is 4.90 Å². The Morgan fingerprint density at radius 2 is 1.93 bits per heavy atom. The van der Waals surface area contributed by atoms with E-state index in [1.54, 1.807) is 31.3 Å². The third kappa shape index (κ3) is 4.86. The number of hydrogen-bond donors (Lipinski definition) is 0. The van der Waals surface area contributed by atoms with E-state index in [-0.39, 0.29) is 24.7 Å². The van der Waals surface area contributed by atoms with Crippen molar-refractivity contribution in [1.29, 1.82) is 0 Å². The molecular formula is C23H24FNO5. The van der Waals surface area contributed by atoms with Gasteiger partial charge in [-0.15, -0.1) is 0 Å². The summed E-state index contributed by atoms with van der Waals surface area (Å²) in [4.78, 5) is 26.8. The lowest BCUT2D eigenvalue weighted by atomic mass is 10.1. The molecule has 3 aromatic rings. The van der Waals surface area contributed by atoms with Gasteiger partial charge in [-0.2, -0.15) is 0 Å². The molecule has 1 atom stereocenters. The van der Waals surface area contributed by atoms with Crippen LogP contribution in [0.5, 0.6) is 0 Å². The molecule has 158 valence electrons. The molecule has 3 rings (SSSR count). The average molecular weight is 413 g/mol. The van der Waals surface area contributed by atoms with Crippen LogP contribution in [0, 0.1) is 5.82 Å². The maximum Gasteiger partial charge on any atom is 0.375 e. The number of amides is 1. The average Bonchev–Trinajstić information content (AvgIpc) is 3.10. The summed E-state index contributed by atoms with van der Waals surface area (Å²) in [5, 5.41) is 0.764. The van der Waals surface area contributed by atoms with Crippen molar-refractivity contribution in [2.75, 3.05) is 13.7 Å². The van der Waals surface area contributed by atoms with Crippen LogP contribution in [0.4, 0.5) is 4.39 Å². The van der Waals surface area contributed by atoms with Crippen LogP contribution in [0.25, 0.3) is 11.0 Å². The molecule has 6 nitrogen and oxygen atoms in total. The third-order valence-electron chi connectivity index (χ3n) is 4.65. The van der Waals surface area contributed by atoms with Gasteiger partial charge < -0.3 is 18.8 Å². The number of esters is 1. The number of furan rings is 1. The van der Waals surface area contributed by atoms with Gasteiger partial charge in [-0.25, -0.2) is 9.18 Å². The van der Waals surface area contributed by atoms with Crippen molar-refractivity contribution in [2.24, 2.45) is 0 Å². The Hall–Kier alpha value is -3.19. The molecule has 0 spiro atoms. The molecule has 0 fully saturated rings. The third-order valence-corrected chi connectivity index (χ3v) is 4.65. The topological polar surface area (TPSA) is 69.0 Å². The Kier molecular flexibility index (Phi) is 6.84. The van der Waals surface area contributed by atoms with Gasteiger partial charge >= 0.3 is 5.97 Å². The lowest BCUT2D eigenvalue weighted by Crippen LogP contribution is -2.37. The Labute approximate surface area is 174 Å². The number of benzene rings is 2. The fourth-order valence-electron chi connectivity index (χ4n) is 3.17. The van der Waals surface area contributed by atoms with Crippen LogP contribution in [-0.2, 0) is 27.4 Å². The van der Waals surface area contributed by atoms with Gasteiger partial charge in [-0.05, 0) is 37.6 Å². The molecule has 30 heavy (non-hydrogen) atoms. The van der Waals surface area contributed by atoms with Gasteiger partial charge in [0.1, 0.15) is 11.4 Å². The number of para-hydroxylation sites is 1. The fraction of sp³-hybridized carbons (Fsp3) is 0.304. The summed E-state index contributed by atoms with van der Waals surface area (Å²) in [6, 6.07) is 13.2. The standard InChI is InChI=1S/C23H24FNO5/c1-4-28-14-19-18-10-5-6-11-20(18)30-21(19)23(27)29-15(2)22(26)25(3)13-16-8-7-9-17(24)12-16/h5-12,15H,4,13-14H2,1-3H3/t15-/m0/s1. The van der Waals surface area contributed by atoms with E-state index in [1.165, 1.54) is 24.0 Å². The minimum Gasteiger partial charge on any atom is -0.449 e. The van der Waals surface area contributed by atoms with E-state index in [2.05, 4.69) is 0 Å². The number of fused-ring (bicyclic) bond motifs is 1. The maximum absolute atomic E-state index is 13.4. The Balaban J connectivity index is 1.72. The largest absolute Gasteiger partial charge is 0.449 e. The fourth-order valence-corrected chi connectivity index (χ4v) is 3.17. The first-order valence-corrected chi connectivity index (χ1v) is 9.69. The van der Waals surface area contributed by atoms with Crippen LogP contribution in [0.1, 0.15) is 35.5 Å². The van der Waals surface area contributed by atoms with Crippen molar-refractivity contribution >= 4 is 22.8 Å². The van der Waals surface area contributed by atoms with Crippen LogP contribution in [-0.4, -0.2) is 36.5 Å². The Morgan fingerprint density at radius 1 is 1.17 bits per heavy atom. The quantitative estimate of drug-likeness (QED) is 0.515. The number of nitrogens with zero attached hydrogens (tertiary/aromatic N) is 1. The summed E-state index contributed by atoms with van der Waals surface area (Å²) in [7, 11) is 1.57. The molecule has 2 aromatic carbocycles. The molecule has 0 aliphatic heterocycles. The molecule has 0 saturated carbocycles. The van der Waals surface area contributed by atoms with Gasteiger partial charge in [0.05, 0.1) is 6.61 Å². The molecule has 1 heterocycles. The van der Waals surface area contributed by atoms with Crippen molar-refractivity contribution in [2.45, 2.75) is 33.1 Å². The van der Waals surface area contributed by atoms with E-state index in [0.717, 1.165) is 5.39 Å². The SMILES string of the molecule is CCOCc1c(C(=O)O[C@@H](C)C(=O)N(C)Cc2cccc(F)c2)oc2ccccc12. The highest BCUT2D eigenvalue weighted by molar-refractivity contribution is 5.97. The summed E-state index contributed by atoms with van der Waals surface area (Å²) < 4.78 is 29.9. The summed E-state index contributed by atoms with van der Waals surface area (Å²) in [5.74, 6) is -1.49. The zero-order valence-corrected chi connectivity index (χ0v) is 17.2. The van der Waals surface area contributed by atoms with Gasteiger partial charge in [0.25, 0.3) is 5.91 Å². The highest BCUT2D eigenvalue weighted by Crippen LogP contribution is 2.27. The molecule has 0 saturated heterocycles. The van der Waals surface area contributed by atoms with Crippen LogP contribution in [0.15, 0.2) is 52.9 Å². The van der Waals surface area contributed by atoms with Gasteiger partial charge in [0, 0.05) is 31.1 Å². The van der Waals surface area contributed by atoms with Gasteiger partial charge in [-0.1, -0.05) is 30.3 Å². The van der Waals surface area contributed by atoms with Crippen molar-refractivity contribution < 1.29 is 27.9 Å². The monoisotopic (exact) mass is 413 g/mol. The number of rotatable bonds is 8. The molecule has 0 radical (unpaired) electrons. The first-order chi connectivity index (χ1) is 14.4. The minimum atomic E-state index is -1.04. The molecule has 1 amide bonds. The van der Waals surface area contributed by atoms with Crippen LogP contribution >= 0.6 is 0 Å². The first kappa shape index (κ1) is 21.5. The number of carbonyl (C=O) groups is 2. The normalized spacial score (nSPS) is 12.0. The van der Waals surface area contributed by atoms with E-state index in [0.29, 0.717) is 23.3 Å². The molecule has 7 heteroatoms. The van der Waals surface area contributed by atoms with E-state index < -0.39 is 18.0 Å². The molecular weight excluding hydrogens is 389 g/mol. The lowest BCUT2D eigenvalue weighted by Gasteiger charge is -2.21. The van der Waals surface area contributed by atoms with Crippen LogP contribution in [0.2, 0.25) is 0 Å². The molecule has 0 N–H and O–H groups in total. The number of ether oxygens (including phenoxy) is 2. The minimum absolute atomic E-state index is 0.0251. The lowest BCUT2D eigenvalue weighted by molar-refractivity contribution is -0.139. The smallest absolute Gasteiger partial charge is 0.375 e. The van der Waals surface area contributed by atoms with Gasteiger partial charge in [0.15, 0.2) is 6.10 Å². The summed E-state index contributed by atoms with van der Waals surface area (Å²) in [6.07, 6.45) is -1.04. The highest BCUT2D eigenvalue weighted by atomic mass is 19.1. The number of likely N-dealkylation sites (N-methyl/N-ethyl adjacent to an activating group) is 1. The van der Waals surface area contributed by atoms with Gasteiger partial charge in [0.2, 0.25) is 5.76 Å². The van der Waals surface area contributed by atoms with E-state index in [4.69, 9.17) is 13.9 Å². The molecule has 1 aromatic heterocycles. The predicted molar refractivity (Wildman–Crippen MR) is 109 cm³/mol. The second kappa shape index (κ2) is 9.54. The van der Waals surface area contributed by atoms with Crippen LogP contribution in [0.3, 0.4) is 0 Å². The summed E-state index contributed by atoms with van der Waals surface area (Å²) in [6.45, 7) is 4.22. The van der Waals surface area contributed by atoms with Crippen molar-refractivity contribution in [3.63, 3.8) is 0 Å². The first-order valence-electron chi connectivity index (χ1n) is 9.69. The molecule has 0 unspecified atom stereocenters. The van der Waals surface area contributed by atoms with Crippen molar-refractivity contribution in [3.05, 3.63) is 71.2 Å². The number of hydrogen-bond acceptors (Lipinski definition) is 5. The maximum atomic E-state index is 13.4. The van der Waals surface area contributed by atoms with E-state index in [1.807, 2.05) is 19.1 Å². The molecule has 0 bridgehead atoms. The Morgan fingerprint density at radius 3 is 2.67 bits per heavy atom. The highest BCUT2D eigenvalue weighted by Gasteiger charge is 2.27. The zero-order chi connectivity index (χ0) is 21.7.